The van der Waals surface area contributed by atoms with Gasteiger partial charge in [-0.3, -0.25) is 4.79 Å². The highest BCUT2D eigenvalue weighted by Crippen LogP contribution is 2.08. The molecule has 0 aromatic carbocycles. The third-order valence-corrected chi connectivity index (χ3v) is 2.23. The summed E-state index contributed by atoms with van der Waals surface area (Å²) in [6.45, 7) is 5.86. The highest BCUT2D eigenvalue weighted by atomic mass is 16.1. The number of carbonyl (C=O) groups excluding carboxylic acids is 1. The maximum absolute atomic E-state index is 11.1. The summed E-state index contributed by atoms with van der Waals surface area (Å²) in [7, 11) is 0. The lowest BCUT2D eigenvalue weighted by molar-refractivity contribution is -0.119. The molecule has 0 unspecified atom stereocenters. The molecule has 1 nitrogen and oxygen atoms in total. The van der Waals surface area contributed by atoms with Gasteiger partial charge >= 0.3 is 0 Å². The third kappa shape index (κ3) is 9.59. The number of hydrogen-bond acceptors (Lipinski definition) is 1. The van der Waals surface area contributed by atoms with Crippen LogP contribution < -0.4 is 0 Å². The standard InChI is InChI=1S/C12H23O/c1-3-5-6-7-8-9-11-12(13)10-4-2/h1,3-11H2,2H3. The van der Waals surface area contributed by atoms with Crippen molar-refractivity contribution in [2.45, 2.75) is 64.7 Å². The molecule has 0 fully saturated rings. The van der Waals surface area contributed by atoms with Crippen molar-refractivity contribution in [1.82, 2.24) is 0 Å². The average molecular weight is 183 g/mol. The first kappa shape index (κ1) is 12.7. The van der Waals surface area contributed by atoms with Gasteiger partial charge in [0, 0.05) is 12.8 Å². The largest absolute Gasteiger partial charge is 0.300 e. The number of carbonyl (C=O) groups is 1. The van der Waals surface area contributed by atoms with Crippen molar-refractivity contribution in [2.75, 3.05) is 0 Å². The number of unbranched alkanes of at least 4 members (excludes halogenated alkanes) is 5. The zero-order chi connectivity index (χ0) is 9.94. The van der Waals surface area contributed by atoms with Gasteiger partial charge < -0.3 is 0 Å². The molecule has 0 aliphatic rings. The Labute approximate surface area is 82.9 Å². The fourth-order valence-electron chi connectivity index (χ4n) is 1.43. The Morgan fingerprint density at radius 1 is 1.00 bits per heavy atom. The summed E-state index contributed by atoms with van der Waals surface area (Å²) < 4.78 is 0. The first-order valence-electron chi connectivity index (χ1n) is 5.62. The van der Waals surface area contributed by atoms with Crippen LogP contribution in [-0.4, -0.2) is 5.78 Å². The molecule has 0 saturated heterocycles. The number of Topliss-reactive ketones (excluding diaryl/α,β-unsaturated/α-hetero) is 1. The Morgan fingerprint density at radius 3 is 2.23 bits per heavy atom. The molecule has 0 bridgehead atoms. The zero-order valence-electron chi connectivity index (χ0n) is 8.98. The summed E-state index contributed by atoms with van der Waals surface area (Å²) in [6.07, 6.45) is 9.74. The number of ketones is 1. The van der Waals surface area contributed by atoms with Crippen LogP contribution >= 0.6 is 0 Å². The van der Waals surface area contributed by atoms with E-state index < -0.39 is 0 Å². The molecule has 0 atom stereocenters. The smallest absolute Gasteiger partial charge is 0.132 e. The topological polar surface area (TPSA) is 17.1 Å². The Bertz CT molecular complexity index is 118. The predicted molar refractivity (Wildman–Crippen MR) is 57.6 cm³/mol. The molecule has 1 radical (unpaired) electrons. The van der Waals surface area contributed by atoms with E-state index in [1.54, 1.807) is 0 Å². The molecule has 0 rings (SSSR count). The summed E-state index contributed by atoms with van der Waals surface area (Å²) in [4.78, 5) is 11.1. The SMILES string of the molecule is [CH2]CCCCCCCC(=O)CCC. The van der Waals surface area contributed by atoms with Gasteiger partial charge in [0.15, 0.2) is 0 Å². The molecular formula is C12H23O. The Hall–Kier alpha value is -0.330. The molecule has 0 saturated carbocycles. The second-order valence-electron chi connectivity index (χ2n) is 3.66. The van der Waals surface area contributed by atoms with E-state index in [-0.39, 0.29) is 0 Å². The molecule has 0 N–H and O–H groups in total. The first-order chi connectivity index (χ1) is 6.31. The van der Waals surface area contributed by atoms with Gasteiger partial charge in [-0.1, -0.05) is 46.0 Å². The summed E-state index contributed by atoms with van der Waals surface area (Å²) in [6, 6.07) is 0. The van der Waals surface area contributed by atoms with Crippen LogP contribution in [0.5, 0.6) is 0 Å². The van der Waals surface area contributed by atoms with Crippen LogP contribution in [0.4, 0.5) is 0 Å². The molecule has 0 aliphatic heterocycles. The lowest BCUT2D eigenvalue weighted by Gasteiger charge is -1.99. The van der Waals surface area contributed by atoms with E-state index in [0.717, 1.165) is 32.1 Å². The maximum Gasteiger partial charge on any atom is 0.132 e. The summed E-state index contributed by atoms with van der Waals surface area (Å²) in [5.74, 6) is 0.444. The van der Waals surface area contributed by atoms with E-state index in [2.05, 4.69) is 13.8 Å². The van der Waals surface area contributed by atoms with Crippen molar-refractivity contribution >= 4 is 5.78 Å². The van der Waals surface area contributed by atoms with Crippen LogP contribution in [0.15, 0.2) is 0 Å². The van der Waals surface area contributed by atoms with Gasteiger partial charge in [0.1, 0.15) is 5.78 Å². The predicted octanol–water partition coefficient (Wildman–Crippen LogP) is 3.92. The van der Waals surface area contributed by atoms with Gasteiger partial charge in [-0.05, 0) is 12.8 Å². The average Bonchev–Trinajstić information content (AvgIpc) is 2.11. The number of rotatable bonds is 9. The zero-order valence-corrected chi connectivity index (χ0v) is 8.98. The minimum absolute atomic E-state index is 0.444. The minimum Gasteiger partial charge on any atom is -0.300 e. The van der Waals surface area contributed by atoms with E-state index in [1.807, 2.05) is 0 Å². The fourth-order valence-corrected chi connectivity index (χ4v) is 1.43. The highest BCUT2D eigenvalue weighted by molar-refractivity contribution is 5.78. The molecule has 0 heterocycles. The lowest BCUT2D eigenvalue weighted by atomic mass is 10.1. The maximum atomic E-state index is 11.1. The molecule has 13 heavy (non-hydrogen) atoms. The van der Waals surface area contributed by atoms with Crippen molar-refractivity contribution in [2.24, 2.45) is 0 Å². The van der Waals surface area contributed by atoms with Crippen LogP contribution in [0.3, 0.4) is 0 Å². The first-order valence-corrected chi connectivity index (χ1v) is 5.62. The quantitative estimate of drug-likeness (QED) is 0.495. The minimum atomic E-state index is 0.444. The second kappa shape index (κ2) is 9.76. The van der Waals surface area contributed by atoms with Gasteiger partial charge in [0.2, 0.25) is 0 Å². The fraction of sp³-hybridized carbons (Fsp3) is 0.833. The van der Waals surface area contributed by atoms with Crippen molar-refractivity contribution in [3.05, 3.63) is 6.92 Å². The molecule has 1 heteroatoms. The van der Waals surface area contributed by atoms with Crippen molar-refractivity contribution < 1.29 is 4.79 Å². The Kier molecular flexibility index (Phi) is 9.51. The van der Waals surface area contributed by atoms with Crippen LogP contribution in [0, 0.1) is 6.92 Å². The van der Waals surface area contributed by atoms with E-state index in [1.165, 1.54) is 25.7 Å². The highest BCUT2D eigenvalue weighted by Gasteiger charge is 1.98. The van der Waals surface area contributed by atoms with Gasteiger partial charge in [-0.15, -0.1) is 0 Å². The van der Waals surface area contributed by atoms with Crippen LogP contribution in [0.2, 0.25) is 0 Å². The van der Waals surface area contributed by atoms with Crippen molar-refractivity contribution in [3.63, 3.8) is 0 Å². The van der Waals surface area contributed by atoms with E-state index in [4.69, 9.17) is 0 Å². The summed E-state index contributed by atoms with van der Waals surface area (Å²) in [5.41, 5.74) is 0. The molecule has 0 amide bonds. The molecular weight excluding hydrogens is 160 g/mol. The molecule has 0 spiro atoms. The normalized spacial score (nSPS) is 10.3. The Morgan fingerprint density at radius 2 is 1.62 bits per heavy atom. The monoisotopic (exact) mass is 183 g/mol. The summed E-state index contributed by atoms with van der Waals surface area (Å²) >= 11 is 0. The van der Waals surface area contributed by atoms with Crippen molar-refractivity contribution in [1.29, 1.82) is 0 Å². The van der Waals surface area contributed by atoms with E-state index in [9.17, 15) is 4.79 Å². The van der Waals surface area contributed by atoms with Gasteiger partial charge in [-0.25, -0.2) is 0 Å². The molecule has 0 aromatic heterocycles. The Balaban J connectivity index is 3.02. The lowest BCUT2D eigenvalue weighted by Crippen LogP contribution is -1.96. The number of hydrogen-bond donors (Lipinski definition) is 0. The van der Waals surface area contributed by atoms with Crippen LogP contribution in [-0.2, 0) is 4.79 Å². The van der Waals surface area contributed by atoms with E-state index in [0.29, 0.717) is 5.78 Å². The van der Waals surface area contributed by atoms with E-state index >= 15 is 0 Å². The molecule has 0 aliphatic carbocycles. The van der Waals surface area contributed by atoms with Gasteiger partial charge in [-0.2, -0.15) is 0 Å². The molecule has 77 valence electrons. The van der Waals surface area contributed by atoms with Crippen molar-refractivity contribution in [3.8, 4) is 0 Å². The van der Waals surface area contributed by atoms with Gasteiger partial charge in [0.05, 0.1) is 0 Å². The summed E-state index contributed by atoms with van der Waals surface area (Å²) in [5, 5.41) is 0. The third-order valence-electron chi connectivity index (χ3n) is 2.23. The van der Waals surface area contributed by atoms with Crippen LogP contribution in [0.25, 0.3) is 0 Å². The second-order valence-corrected chi connectivity index (χ2v) is 3.66. The van der Waals surface area contributed by atoms with Gasteiger partial charge in [0.25, 0.3) is 0 Å². The molecule has 0 aromatic rings. The van der Waals surface area contributed by atoms with Crippen LogP contribution in [0.1, 0.15) is 64.7 Å².